The molecule has 1 aromatic heterocycles. The summed E-state index contributed by atoms with van der Waals surface area (Å²) in [7, 11) is 0. The van der Waals surface area contributed by atoms with Crippen LogP contribution in [0.15, 0.2) is 24.3 Å². The van der Waals surface area contributed by atoms with Crippen LogP contribution in [0.1, 0.15) is 45.6 Å². The molecule has 0 spiro atoms. The van der Waals surface area contributed by atoms with Crippen LogP contribution in [0.2, 0.25) is 0 Å². The second kappa shape index (κ2) is 7.76. The maximum atomic E-state index is 12.3. The molecule has 0 aliphatic heterocycles. The minimum Gasteiger partial charge on any atom is -0.351 e. The van der Waals surface area contributed by atoms with E-state index >= 15 is 0 Å². The van der Waals surface area contributed by atoms with E-state index in [-0.39, 0.29) is 18.5 Å². The molecule has 1 heterocycles. The standard InChI is InChI=1S/C19H27N5O/c1-4-15-8-10-16(11-9-15)19-21-23-24(22-19)12-18(25)20-17-7-5-6-13(2)14(17)3/h8-11,13-14,17H,4-7,12H2,1-3H3,(H,20,25)/t13-,14+,17-/m1/s1. The van der Waals surface area contributed by atoms with Crippen molar-refractivity contribution in [3.05, 3.63) is 29.8 Å². The molecule has 0 saturated heterocycles. The molecule has 1 aromatic carbocycles. The van der Waals surface area contributed by atoms with Crippen molar-refractivity contribution >= 4 is 5.91 Å². The molecule has 2 aromatic rings. The smallest absolute Gasteiger partial charge is 0.243 e. The van der Waals surface area contributed by atoms with Gasteiger partial charge >= 0.3 is 0 Å². The van der Waals surface area contributed by atoms with Crippen LogP contribution in [0.5, 0.6) is 0 Å². The lowest BCUT2D eigenvalue weighted by atomic mass is 9.78. The lowest BCUT2D eigenvalue weighted by Gasteiger charge is -2.34. The van der Waals surface area contributed by atoms with Crippen LogP contribution in [0.25, 0.3) is 11.4 Å². The number of aromatic nitrogens is 4. The van der Waals surface area contributed by atoms with E-state index in [1.165, 1.54) is 23.2 Å². The highest BCUT2D eigenvalue weighted by molar-refractivity contribution is 5.75. The Hall–Kier alpha value is -2.24. The van der Waals surface area contributed by atoms with Gasteiger partial charge in [-0.3, -0.25) is 4.79 Å². The summed E-state index contributed by atoms with van der Waals surface area (Å²) in [6.45, 7) is 6.71. The van der Waals surface area contributed by atoms with Gasteiger partial charge in [0.1, 0.15) is 6.54 Å². The van der Waals surface area contributed by atoms with Crippen molar-refractivity contribution in [1.82, 2.24) is 25.5 Å². The van der Waals surface area contributed by atoms with Gasteiger partial charge in [0, 0.05) is 11.6 Å². The maximum Gasteiger partial charge on any atom is 0.243 e. The zero-order valence-electron chi connectivity index (χ0n) is 15.3. The molecule has 134 valence electrons. The van der Waals surface area contributed by atoms with Gasteiger partial charge in [0.15, 0.2) is 0 Å². The molecule has 6 nitrogen and oxygen atoms in total. The van der Waals surface area contributed by atoms with Crippen molar-refractivity contribution in [1.29, 1.82) is 0 Å². The number of aryl methyl sites for hydroxylation is 1. The Balaban J connectivity index is 1.59. The molecule has 0 bridgehead atoms. The summed E-state index contributed by atoms with van der Waals surface area (Å²) in [6, 6.07) is 8.36. The first-order valence-corrected chi connectivity index (χ1v) is 9.23. The predicted octanol–water partition coefficient (Wildman–Crippen LogP) is 2.84. The Kier molecular flexibility index (Phi) is 5.46. The maximum absolute atomic E-state index is 12.3. The Labute approximate surface area is 149 Å². The normalized spacial score (nSPS) is 23.4. The number of tetrazole rings is 1. The first-order valence-electron chi connectivity index (χ1n) is 9.23. The van der Waals surface area contributed by atoms with E-state index < -0.39 is 0 Å². The van der Waals surface area contributed by atoms with Gasteiger partial charge in [0.25, 0.3) is 0 Å². The Bertz CT molecular complexity index is 709. The summed E-state index contributed by atoms with van der Waals surface area (Å²) in [5.41, 5.74) is 2.19. The molecule has 1 N–H and O–H groups in total. The Morgan fingerprint density at radius 3 is 2.72 bits per heavy atom. The summed E-state index contributed by atoms with van der Waals surface area (Å²) < 4.78 is 0. The van der Waals surface area contributed by atoms with E-state index in [4.69, 9.17) is 0 Å². The molecule has 0 radical (unpaired) electrons. The summed E-state index contributed by atoms with van der Waals surface area (Å²) in [6.07, 6.45) is 4.48. The molecule has 1 saturated carbocycles. The van der Waals surface area contributed by atoms with Crippen LogP contribution in [0.4, 0.5) is 0 Å². The summed E-state index contributed by atoms with van der Waals surface area (Å²) in [4.78, 5) is 13.7. The number of nitrogens with one attached hydrogen (secondary N) is 1. The van der Waals surface area contributed by atoms with E-state index in [2.05, 4.69) is 53.6 Å². The first kappa shape index (κ1) is 17.6. The molecular weight excluding hydrogens is 314 g/mol. The average Bonchev–Trinajstić information content (AvgIpc) is 3.07. The Morgan fingerprint density at radius 2 is 2.00 bits per heavy atom. The second-order valence-electron chi connectivity index (χ2n) is 7.14. The lowest BCUT2D eigenvalue weighted by molar-refractivity contribution is -0.123. The molecule has 1 amide bonds. The fourth-order valence-corrected chi connectivity index (χ4v) is 3.48. The SMILES string of the molecule is CCc1ccc(-c2nnn(CC(=O)N[C@@H]3CCC[C@@H](C)[C@@H]3C)n2)cc1. The fourth-order valence-electron chi connectivity index (χ4n) is 3.48. The van der Waals surface area contributed by atoms with Crippen molar-refractivity contribution in [2.75, 3.05) is 0 Å². The summed E-state index contributed by atoms with van der Waals surface area (Å²) >= 11 is 0. The highest BCUT2D eigenvalue weighted by Gasteiger charge is 2.28. The minimum atomic E-state index is -0.0452. The van der Waals surface area contributed by atoms with E-state index in [1.807, 2.05) is 12.1 Å². The largest absolute Gasteiger partial charge is 0.351 e. The van der Waals surface area contributed by atoms with E-state index in [1.54, 1.807) is 0 Å². The first-order chi connectivity index (χ1) is 12.1. The monoisotopic (exact) mass is 341 g/mol. The predicted molar refractivity (Wildman–Crippen MR) is 96.7 cm³/mol. The quantitative estimate of drug-likeness (QED) is 0.907. The molecule has 1 fully saturated rings. The number of hydrogen-bond acceptors (Lipinski definition) is 4. The van der Waals surface area contributed by atoms with Crippen molar-refractivity contribution in [3.8, 4) is 11.4 Å². The third-order valence-corrected chi connectivity index (χ3v) is 5.41. The van der Waals surface area contributed by atoms with Crippen molar-refractivity contribution < 1.29 is 4.79 Å². The van der Waals surface area contributed by atoms with E-state index in [0.717, 1.165) is 18.4 Å². The van der Waals surface area contributed by atoms with Crippen molar-refractivity contribution in [2.24, 2.45) is 11.8 Å². The third-order valence-electron chi connectivity index (χ3n) is 5.41. The second-order valence-corrected chi connectivity index (χ2v) is 7.14. The van der Waals surface area contributed by atoms with Gasteiger partial charge in [0.2, 0.25) is 11.7 Å². The van der Waals surface area contributed by atoms with Crippen LogP contribution < -0.4 is 5.32 Å². The van der Waals surface area contributed by atoms with E-state index in [0.29, 0.717) is 17.7 Å². The lowest BCUT2D eigenvalue weighted by Crippen LogP contribution is -2.45. The van der Waals surface area contributed by atoms with Gasteiger partial charge in [-0.25, -0.2) is 0 Å². The molecule has 25 heavy (non-hydrogen) atoms. The van der Waals surface area contributed by atoms with Gasteiger partial charge in [-0.05, 0) is 35.5 Å². The van der Waals surface area contributed by atoms with Crippen LogP contribution in [-0.2, 0) is 17.8 Å². The van der Waals surface area contributed by atoms with E-state index in [9.17, 15) is 4.79 Å². The summed E-state index contributed by atoms with van der Waals surface area (Å²) in [5, 5.41) is 15.6. The molecule has 1 aliphatic rings. The molecule has 0 unspecified atom stereocenters. The number of rotatable bonds is 5. The average molecular weight is 341 g/mol. The Morgan fingerprint density at radius 1 is 1.24 bits per heavy atom. The van der Waals surface area contributed by atoms with Crippen molar-refractivity contribution in [2.45, 2.75) is 59.0 Å². The van der Waals surface area contributed by atoms with Gasteiger partial charge in [0.05, 0.1) is 0 Å². The topological polar surface area (TPSA) is 72.7 Å². The van der Waals surface area contributed by atoms with Gasteiger partial charge in [-0.15, -0.1) is 10.2 Å². The van der Waals surface area contributed by atoms with Gasteiger partial charge in [-0.2, -0.15) is 4.80 Å². The number of hydrogen-bond donors (Lipinski definition) is 1. The van der Waals surface area contributed by atoms with Crippen molar-refractivity contribution in [3.63, 3.8) is 0 Å². The minimum absolute atomic E-state index is 0.0452. The number of carbonyl (C=O) groups excluding carboxylic acids is 1. The number of carbonyl (C=O) groups is 1. The molecular formula is C19H27N5O. The van der Waals surface area contributed by atoms with Gasteiger partial charge in [-0.1, -0.05) is 57.9 Å². The highest BCUT2D eigenvalue weighted by atomic mass is 16.2. The fraction of sp³-hybridized carbons (Fsp3) is 0.579. The van der Waals surface area contributed by atoms with Crippen LogP contribution in [-0.4, -0.2) is 32.2 Å². The zero-order chi connectivity index (χ0) is 17.8. The summed E-state index contributed by atoms with van der Waals surface area (Å²) in [5.74, 6) is 1.67. The van der Waals surface area contributed by atoms with Crippen LogP contribution in [0.3, 0.4) is 0 Å². The zero-order valence-corrected chi connectivity index (χ0v) is 15.3. The van der Waals surface area contributed by atoms with Gasteiger partial charge < -0.3 is 5.32 Å². The highest BCUT2D eigenvalue weighted by Crippen LogP contribution is 2.29. The van der Waals surface area contributed by atoms with Crippen LogP contribution in [0, 0.1) is 11.8 Å². The third kappa shape index (κ3) is 4.24. The number of benzene rings is 1. The molecule has 6 heteroatoms. The number of nitrogens with zero attached hydrogens (tertiary/aromatic N) is 4. The number of amides is 1. The molecule has 3 rings (SSSR count). The molecule has 3 atom stereocenters. The van der Waals surface area contributed by atoms with Crippen LogP contribution >= 0.6 is 0 Å². The molecule has 1 aliphatic carbocycles.